The molecule has 0 aliphatic rings. The smallest absolute Gasteiger partial charge is 0.133 e. The fraction of sp³-hybridized carbons (Fsp3) is 0.400. The zero-order valence-electron chi connectivity index (χ0n) is 11.9. The van der Waals surface area contributed by atoms with Crippen LogP contribution in [0.5, 0.6) is 5.75 Å². The summed E-state index contributed by atoms with van der Waals surface area (Å²) in [7, 11) is 1.67. The van der Waals surface area contributed by atoms with Gasteiger partial charge in [-0.1, -0.05) is 12.1 Å². The van der Waals surface area contributed by atoms with Crippen molar-refractivity contribution in [2.45, 2.75) is 13.0 Å². The summed E-state index contributed by atoms with van der Waals surface area (Å²) in [4.78, 5) is 4.37. The van der Waals surface area contributed by atoms with E-state index in [0.717, 1.165) is 35.4 Å². The molecule has 0 radical (unpaired) electrons. The van der Waals surface area contributed by atoms with Crippen LogP contribution < -0.4 is 15.4 Å². The Labute approximate surface area is 119 Å². The molecule has 0 amide bonds. The van der Waals surface area contributed by atoms with Crippen molar-refractivity contribution >= 4 is 16.6 Å². The third kappa shape index (κ3) is 3.59. The van der Waals surface area contributed by atoms with E-state index in [-0.39, 0.29) is 6.10 Å². The lowest BCUT2D eigenvalue weighted by Gasteiger charge is -2.11. The lowest BCUT2D eigenvalue weighted by molar-refractivity contribution is 0.192. The van der Waals surface area contributed by atoms with Gasteiger partial charge < -0.3 is 20.5 Å². The third-order valence-corrected chi connectivity index (χ3v) is 3.02. The van der Waals surface area contributed by atoms with Crippen LogP contribution in [-0.2, 0) is 0 Å². The molecule has 0 bridgehead atoms. The number of nitrogens with one attached hydrogen (secondary N) is 2. The Bertz CT molecular complexity index is 558. The Morgan fingerprint density at radius 2 is 2.10 bits per heavy atom. The van der Waals surface area contributed by atoms with Gasteiger partial charge in [0, 0.05) is 36.6 Å². The number of nitrogens with zero attached hydrogens (tertiary/aromatic N) is 1. The maximum Gasteiger partial charge on any atom is 0.133 e. The molecule has 0 spiro atoms. The highest BCUT2D eigenvalue weighted by Crippen LogP contribution is 2.28. The Balaban J connectivity index is 2.03. The second kappa shape index (κ2) is 7.07. The molecule has 2 aromatic rings. The number of ether oxygens (including phenoxy) is 1. The number of pyridine rings is 1. The number of anilines is 1. The molecular formula is C15H21N3O2. The maximum atomic E-state index is 9.16. The SMILES string of the molecule is COc1cccc2c(NCCNCC(C)O)nccc12. The molecule has 20 heavy (non-hydrogen) atoms. The van der Waals surface area contributed by atoms with E-state index in [2.05, 4.69) is 15.6 Å². The second-order valence-electron chi connectivity index (χ2n) is 4.69. The van der Waals surface area contributed by atoms with Crippen molar-refractivity contribution in [2.24, 2.45) is 0 Å². The number of aliphatic hydroxyl groups is 1. The maximum absolute atomic E-state index is 9.16. The molecule has 0 fully saturated rings. The summed E-state index contributed by atoms with van der Waals surface area (Å²) in [6.45, 7) is 3.88. The van der Waals surface area contributed by atoms with Crippen LogP contribution in [0, 0.1) is 0 Å². The number of aromatic nitrogens is 1. The van der Waals surface area contributed by atoms with Crippen molar-refractivity contribution in [3.05, 3.63) is 30.5 Å². The van der Waals surface area contributed by atoms with E-state index in [1.807, 2.05) is 24.3 Å². The molecule has 0 saturated carbocycles. The summed E-state index contributed by atoms with van der Waals surface area (Å²) in [5, 5.41) is 17.7. The molecule has 1 aromatic carbocycles. The Morgan fingerprint density at radius 1 is 1.25 bits per heavy atom. The van der Waals surface area contributed by atoms with E-state index < -0.39 is 0 Å². The predicted molar refractivity (Wildman–Crippen MR) is 81.3 cm³/mol. The number of rotatable bonds is 7. The summed E-state index contributed by atoms with van der Waals surface area (Å²) < 4.78 is 5.36. The van der Waals surface area contributed by atoms with Crippen LogP contribution in [-0.4, -0.2) is 42.9 Å². The normalized spacial score (nSPS) is 12.3. The quantitative estimate of drug-likeness (QED) is 0.670. The van der Waals surface area contributed by atoms with Gasteiger partial charge in [-0.25, -0.2) is 4.98 Å². The number of hydrogen-bond donors (Lipinski definition) is 3. The van der Waals surface area contributed by atoms with Crippen LogP contribution in [0.3, 0.4) is 0 Å². The first-order valence-corrected chi connectivity index (χ1v) is 6.76. The van der Waals surface area contributed by atoms with Gasteiger partial charge in [-0.3, -0.25) is 0 Å². The van der Waals surface area contributed by atoms with Gasteiger partial charge in [0.2, 0.25) is 0 Å². The summed E-state index contributed by atoms with van der Waals surface area (Å²) in [5.74, 6) is 1.69. The Hall–Kier alpha value is -1.85. The van der Waals surface area contributed by atoms with Crippen molar-refractivity contribution in [3.63, 3.8) is 0 Å². The van der Waals surface area contributed by atoms with Crippen LogP contribution in [0.2, 0.25) is 0 Å². The highest BCUT2D eigenvalue weighted by atomic mass is 16.5. The Kier molecular flexibility index (Phi) is 5.15. The monoisotopic (exact) mass is 275 g/mol. The largest absolute Gasteiger partial charge is 0.496 e. The summed E-state index contributed by atoms with van der Waals surface area (Å²) in [6, 6.07) is 7.87. The number of fused-ring (bicyclic) bond motifs is 1. The van der Waals surface area contributed by atoms with E-state index in [1.165, 1.54) is 0 Å². The highest BCUT2D eigenvalue weighted by molar-refractivity contribution is 5.95. The van der Waals surface area contributed by atoms with Crippen LogP contribution in [0.4, 0.5) is 5.82 Å². The lowest BCUT2D eigenvalue weighted by atomic mass is 10.1. The van der Waals surface area contributed by atoms with Gasteiger partial charge in [-0.05, 0) is 19.1 Å². The molecule has 1 atom stereocenters. The molecule has 0 aliphatic carbocycles. The van der Waals surface area contributed by atoms with Gasteiger partial charge in [-0.2, -0.15) is 0 Å². The van der Waals surface area contributed by atoms with Crippen molar-refractivity contribution < 1.29 is 9.84 Å². The third-order valence-electron chi connectivity index (χ3n) is 3.02. The standard InChI is InChI=1S/C15H21N3O2/c1-11(19)10-16-8-9-18-15-13-4-3-5-14(20-2)12(13)6-7-17-15/h3-7,11,16,19H,8-10H2,1-2H3,(H,17,18). The van der Waals surface area contributed by atoms with E-state index >= 15 is 0 Å². The number of hydrogen-bond acceptors (Lipinski definition) is 5. The van der Waals surface area contributed by atoms with Crippen molar-refractivity contribution in [2.75, 3.05) is 32.1 Å². The van der Waals surface area contributed by atoms with Gasteiger partial charge in [0.1, 0.15) is 11.6 Å². The first-order valence-electron chi connectivity index (χ1n) is 6.76. The van der Waals surface area contributed by atoms with Gasteiger partial charge >= 0.3 is 0 Å². The molecule has 3 N–H and O–H groups in total. The average molecular weight is 275 g/mol. The number of benzene rings is 1. The highest BCUT2D eigenvalue weighted by Gasteiger charge is 2.05. The van der Waals surface area contributed by atoms with E-state index in [1.54, 1.807) is 20.2 Å². The first kappa shape index (κ1) is 14.6. The van der Waals surface area contributed by atoms with Crippen molar-refractivity contribution in [1.82, 2.24) is 10.3 Å². The molecule has 1 aromatic heterocycles. The number of methoxy groups -OCH3 is 1. The van der Waals surface area contributed by atoms with E-state index in [9.17, 15) is 0 Å². The zero-order valence-corrected chi connectivity index (χ0v) is 11.9. The Morgan fingerprint density at radius 3 is 2.85 bits per heavy atom. The van der Waals surface area contributed by atoms with Crippen molar-refractivity contribution in [3.8, 4) is 5.75 Å². The fourth-order valence-corrected chi connectivity index (χ4v) is 2.08. The second-order valence-corrected chi connectivity index (χ2v) is 4.69. The van der Waals surface area contributed by atoms with Crippen LogP contribution >= 0.6 is 0 Å². The molecule has 108 valence electrons. The minimum atomic E-state index is -0.324. The van der Waals surface area contributed by atoms with Crippen molar-refractivity contribution in [1.29, 1.82) is 0 Å². The fourth-order valence-electron chi connectivity index (χ4n) is 2.08. The molecular weight excluding hydrogens is 254 g/mol. The molecule has 1 unspecified atom stereocenters. The summed E-state index contributed by atoms with van der Waals surface area (Å²) in [6.07, 6.45) is 1.45. The van der Waals surface area contributed by atoms with Gasteiger partial charge in [0.05, 0.1) is 13.2 Å². The van der Waals surface area contributed by atoms with Gasteiger partial charge in [0.15, 0.2) is 0 Å². The predicted octanol–water partition coefficient (Wildman–Crippen LogP) is 1.63. The molecule has 1 heterocycles. The topological polar surface area (TPSA) is 66.4 Å². The number of aliphatic hydroxyl groups excluding tert-OH is 1. The first-order chi connectivity index (χ1) is 9.72. The summed E-state index contributed by atoms with van der Waals surface area (Å²) in [5.41, 5.74) is 0. The van der Waals surface area contributed by atoms with Gasteiger partial charge in [0.25, 0.3) is 0 Å². The van der Waals surface area contributed by atoms with E-state index in [0.29, 0.717) is 6.54 Å². The zero-order chi connectivity index (χ0) is 14.4. The van der Waals surface area contributed by atoms with Crippen LogP contribution in [0.15, 0.2) is 30.5 Å². The molecule has 2 rings (SSSR count). The van der Waals surface area contributed by atoms with E-state index in [4.69, 9.17) is 9.84 Å². The minimum absolute atomic E-state index is 0.324. The van der Waals surface area contributed by atoms with Crippen LogP contribution in [0.1, 0.15) is 6.92 Å². The summed E-state index contributed by atoms with van der Waals surface area (Å²) >= 11 is 0. The molecule has 5 nitrogen and oxygen atoms in total. The van der Waals surface area contributed by atoms with Crippen LogP contribution in [0.25, 0.3) is 10.8 Å². The minimum Gasteiger partial charge on any atom is -0.496 e. The lowest BCUT2D eigenvalue weighted by Crippen LogP contribution is -2.29. The molecule has 0 saturated heterocycles. The van der Waals surface area contributed by atoms with Gasteiger partial charge in [-0.15, -0.1) is 0 Å². The average Bonchev–Trinajstić information content (AvgIpc) is 2.46. The molecule has 0 aliphatic heterocycles. The molecule has 5 heteroatoms.